The SMILES string of the molecule is O=C(Nc1ccc2c(c1)[C@@H]1C[C@H](CC(=O)N3CCc4ccccc4C3)O[C@@H](CO)[C@@H]1O2)C1CCOCC1. The Labute approximate surface area is 216 Å². The molecule has 4 aliphatic rings. The Morgan fingerprint density at radius 2 is 1.89 bits per heavy atom. The number of nitrogens with zero attached hydrogens (tertiary/aromatic N) is 1. The maximum Gasteiger partial charge on any atom is 0.227 e. The van der Waals surface area contributed by atoms with Crippen molar-refractivity contribution in [2.45, 2.75) is 62.9 Å². The summed E-state index contributed by atoms with van der Waals surface area (Å²) in [6.07, 6.45) is 2.11. The third-order valence-electron chi connectivity index (χ3n) is 8.24. The number of nitrogens with one attached hydrogen (secondary N) is 1. The van der Waals surface area contributed by atoms with Crippen LogP contribution in [0.5, 0.6) is 5.75 Å². The number of aliphatic hydroxyl groups is 1. The van der Waals surface area contributed by atoms with Crippen molar-refractivity contribution in [1.29, 1.82) is 0 Å². The predicted molar refractivity (Wildman–Crippen MR) is 136 cm³/mol. The highest BCUT2D eigenvalue weighted by molar-refractivity contribution is 5.92. The van der Waals surface area contributed by atoms with Crippen LogP contribution in [0.4, 0.5) is 5.69 Å². The largest absolute Gasteiger partial charge is 0.487 e. The number of ether oxygens (including phenoxy) is 3. The number of aliphatic hydroxyl groups excluding tert-OH is 1. The Kier molecular flexibility index (Phi) is 6.88. The smallest absolute Gasteiger partial charge is 0.227 e. The Morgan fingerprint density at radius 1 is 1.08 bits per heavy atom. The second kappa shape index (κ2) is 10.4. The van der Waals surface area contributed by atoms with Crippen molar-refractivity contribution < 1.29 is 28.9 Å². The first-order chi connectivity index (χ1) is 18.1. The van der Waals surface area contributed by atoms with Gasteiger partial charge in [-0.3, -0.25) is 9.59 Å². The van der Waals surface area contributed by atoms with Gasteiger partial charge in [-0.1, -0.05) is 24.3 Å². The maximum absolute atomic E-state index is 13.2. The van der Waals surface area contributed by atoms with Gasteiger partial charge in [0.05, 0.1) is 19.1 Å². The third-order valence-corrected chi connectivity index (χ3v) is 8.24. The molecule has 2 amide bonds. The van der Waals surface area contributed by atoms with Crippen molar-refractivity contribution in [3.63, 3.8) is 0 Å². The first-order valence-corrected chi connectivity index (χ1v) is 13.4. The fourth-order valence-corrected chi connectivity index (χ4v) is 6.20. The second-order valence-electron chi connectivity index (χ2n) is 10.6. The summed E-state index contributed by atoms with van der Waals surface area (Å²) in [7, 11) is 0. The normalized spacial score (nSPS) is 27.0. The molecule has 6 rings (SSSR count). The topological polar surface area (TPSA) is 97.3 Å². The van der Waals surface area contributed by atoms with Crippen molar-refractivity contribution in [3.8, 4) is 5.75 Å². The number of fused-ring (bicyclic) bond motifs is 4. The highest BCUT2D eigenvalue weighted by Crippen LogP contribution is 2.47. The van der Waals surface area contributed by atoms with E-state index in [4.69, 9.17) is 14.2 Å². The minimum absolute atomic E-state index is 0.0132. The van der Waals surface area contributed by atoms with E-state index in [2.05, 4.69) is 17.4 Å². The molecule has 8 heteroatoms. The van der Waals surface area contributed by atoms with Crippen LogP contribution in [0.3, 0.4) is 0 Å². The minimum Gasteiger partial charge on any atom is -0.487 e. The van der Waals surface area contributed by atoms with E-state index < -0.39 is 6.10 Å². The summed E-state index contributed by atoms with van der Waals surface area (Å²) in [5.41, 5.74) is 4.25. The summed E-state index contributed by atoms with van der Waals surface area (Å²) in [6.45, 7) is 2.39. The summed E-state index contributed by atoms with van der Waals surface area (Å²) in [4.78, 5) is 27.9. The Morgan fingerprint density at radius 3 is 2.70 bits per heavy atom. The van der Waals surface area contributed by atoms with Crippen LogP contribution in [0.2, 0.25) is 0 Å². The molecule has 2 N–H and O–H groups in total. The van der Waals surface area contributed by atoms with Gasteiger partial charge >= 0.3 is 0 Å². The number of rotatable bonds is 5. The molecule has 0 saturated carbocycles. The number of carbonyl (C=O) groups is 2. The number of hydrogen-bond donors (Lipinski definition) is 2. The van der Waals surface area contributed by atoms with Crippen LogP contribution in [0.15, 0.2) is 42.5 Å². The standard InChI is InChI=1S/C29H34N2O6/c32-17-26-28-24(14-22(36-26)15-27(33)31-10-7-18-3-1-2-4-20(18)16-31)23-13-21(5-6-25(23)37-28)30-29(34)19-8-11-35-12-9-19/h1-6,13,19,22,24,26,28,32H,7-12,14-17H2,(H,30,34)/t22-,24+,26+,28-/m1/s1. The Hall–Kier alpha value is -2.94. The zero-order chi connectivity index (χ0) is 25.4. The lowest BCUT2D eigenvalue weighted by Crippen LogP contribution is -2.48. The molecular weight excluding hydrogens is 472 g/mol. The lowest BCUT2D eigenvalue weighted by Gasteiger charge is -2.38. The zero-order valence-corrected chi connectivity index (χ0v) is 20.9. The van der Waals surface area contributed by atoms with E-state index in [-0.39, 0.29) is 48.9 Å². The maximum atomic E-state index is 13.2. The molecule has 2 saturated heterocycles. The monoisotopic (exact) mass is 506 g/mol. The zero-order valence-electron chi connectivity index (χ0n) is 20.9. The van der Waals surface area contributed by atoms with Gasteiger partial charge in [0.15, 0.2) is 0 Å². The Bertz CT molecular complexity index is 1160. The van der Waals surface area contributed by atoms with Gasteiger partial charge in [-0.25, -0.2) is 0 Å². The van der Waals surface area contributed by atoms with E-state index in [1.165, 1.54) is 11.1 Å². The molecule has 0 radical (unpaired) electrons. The molecule has 0 aromatic heterocycles. The highest BCUT2D eigenvalue weighted by Gasteiger charge is 2.46. The number of hydrogen-bond acceptors (Lipinski definition) is 6. The molecule has 2 aromatic rings. The first kappa shape index (κ1) is 24.4. The summed E-state index contributed by atoms with van der Waals surface area (Å²) in [5, 5.41) is 13.1. The number of anilines is 1. The fourth-order valence-electron chi connectivity index (χ4n) is 6.20. The van der Waals surface area contributed by atoms with Crippen molar-refractivity contribution in [1.82, 2.24) is 4.90 Å². The fraction of sp³-hybridized carbons (Fsp3) is 0.517. The van der Waals surface area contributed by atoms with Crippen molar-refractivity contribution in [3.05, 3.63) is 59.2 Å². The molecule has 0 aliphatic carbocycles. The van der Waals surface area contributed by atoms with Gasteiger partial charge < -0.3 is 29.5 Å². The first-order valence-electron chi connectivity index (χ1n) is 13.4. The molecule has 37 heavy (non-hydrogen) atoms. The Balaban J connectivity index is 1.14. The average Bonchev–Trinajstić information content (AvgIpc) is 3.30. The van der Waals surface area contributed by atoms with Gasteiger partial charge in [-0.05, 0) is 55.0 Å². The van der Waals surface area contributed by atoms with E-state index in [1.807, 2.05) is 35.2 Å². The van der Waals surface area contributed by atoms with Gasteiger partial charge in [0.1, 0.15) is 18.0 Å². The van der Waals surface area contributed by atoms with Gasteiger partial charge in [0.25, 0.3) is 0 Å². The van der Waals surface area contributed by atoms with Gasteiger partial charge in [-0.2, -0.15) is 0 Å². The highest BCUT2D eigenvalue weighted by atomic mass is 16.6. The lowest BCUT2D eigenvalue weighted by molar-refractivity contribution is -0.149. The van der Waals surface area contributed by atoms with Crippen LogP contribution < -0.4 is 10.1 Å². The van der Waals surface area contributed by atoms with Crippen LogP contribution in [-0.4, -0.2) is 66.5 Å². The van der Waals surface area contributed by atoms with Crippen LogP contribution in [0.25, 0.3) is 0 Å². The average molecular weight is 507 g/mol. The molecule has 0 unspecified atom stereocenters. The number of amides is 2. The minimum atomic E-state index is -0.508. The molecule has 0 bridgehead atoms. The molecule has 4 atom stereocenters. The van der Waals surface area contributed by atoms with Gasteiger partial charge in [0, 0.05) is 49.4 Å². The van der Waals surface area contributed by atoms with E-state index in [1.54, 1.807) is 0 Å². The van der Waals surface area contributed by atoms with Crippen LogP contribution in [-0.2, 0) is 32.0 Å². The quantitative estimate of drug-likeness (QED) is 0.647. The van der Waals surface area contributed by atoms with Crippen molar-refractivity contribution in [2.24, 2.45) is 5.92 Å². The predicted octanol–water partition coefficient (Wildman–Crippen LogP) is 3.02. The molecule has 2 aromatic carbocycles. The van der Waals surface area contributed by atoms with Crippen LogP contribution in [0, 0.1) is 5.92 Å². The van der Waals surface area contributed by atoms with Gasteiger partial charge in [0.2, 0.25) is 11.8 Å². The summed E-state index contributed by atoms with van der Waals surface area (Å²) >= 11 is 0. The number of benzene rings is 2. The van der Waals surface area contributed by atoms with Crippen molar-refractivity contribution in [2.75, 3.05) is 31.7 Å². The van der Waals surface area contributed by atoms with Crippen LogP contribution >= 0.6 is 0 Å². The summed E-state index contributed by atoms with van der Waals surface area (Å²) < 4.78 is 17.7. The number of carbonyl (C=O) groups excluding carboxylic acids is 2. The third kappa shape index (κ3) is 4.98. The lowest BCUT2D eigenvalue weighted by atomic mass is 9.84. The van der Waals surface area contributed by atoms with E-state index in [9.17, 15) is 14.7 Å². The van der Waals surface area contributed by atoms with Crippen molar-refractivity contribution >= 4 is 17.5 Å². The van der Waals surface area contributed by atoms with E-state index in [0.717, 1.165) is 36.3 Å². The molecular formula is C29H34N2O6. The van der Waals surface area contributed by atoms with E-state index >= 15 is 0 Å². The summed E-state index contributed by atoms with van der Waals surface area (Å²) in [6, 6.07) is 14.0. The summed E-state index contributed by atoms with van der Waals surface area (Å²) in [5.74, 6) is 0.795. The molecule has 0 spiro atoms. The molecule has 4 aliphatic heterocycles. The molecule has 8 nitrogen and oxygen atoms in total. The second-order valence-corrected chi connectivity index (χ2v) is 10.6. The molecule has 4 heterocycles. The van der Waals surface area contributed by atoms with Gasteiger partial charge in [-0.15, -0.1) is 0 Å². The molecule has 2 fully saturated rings. The van der Waals surface area contributed by atoms with E-state index in [0.29, 0.717) is 32.7 Å². The van der Waals surface area contributed by atoms with Crippen LogP contribution in [0.1, 0.15) is 48.3 Å². The molecule has 196 valence electrons.